The molecule has 0 saturated carbocycles. The SMILES string of the molecule is COc1ccc(NC(=O)N2CCN(CCSc3ccccc3)CC2)cc1. The van der Waals surface area contributed by atoms with Crippen LogP contribution >= 0.6 is 11.8 Å². The van der Waals surface area contributed by atoms with Crippen LogP contribution in [-0.2, 0) is 0 Å². The normalized spacial score (nSPS) is 14.9. The van der Waals surface area contributed by atoms with Crippen molar-refractivity contribution in [3.63, 3.8) is 0 Å². The van der Waals surface area contributed by atoms with Gasteiger partial charge in [-0.3, -0.25) is 4.90 Å². The van der Waals surface area contributed by atoms with Crippen molar-refractivity contribution in [1.82, 2.24) is 9.80 Å². The van der Waals surface area contributed by atoms with Gasteiger partial charge in [-0.05, 0) is 36.4 Å². The minimum Gasteiger partial charge on any atom is -0.497 e. The van der Waals surface area contributed by atoms with E-state index in [0.29, 0.717) is 0 Å². The van der Waals surface area contributed by atoms with Crippen LogP contribution in [0.4, 0.5) is 10.5 Å². The van der Waals surface area contributed by atoms with Gasteiger partial charge in [0.15, 0.2) is 0 Å². The van der Waals surface area contributed by atoms with Crippen LogP contribution in [-0.4, -0.2) is 61.4 Å². The molecule has 1 N–H and O–H groups in total. The first-order valence-electron chi connectivity index (χ1n) is 8.85. The zero-order valence-electron chi connectivity index (χ0n) is 15.1. The van der Waals surface area contributed by atoms with Crippen molar-refractivity contribution < 1.29 is 9.53 Å². The molecular weight excluding hydrogens is 346 g/mol. The minimum absolute atomic E-state index is 0.0338. The average Bonchev–Trinajstić information content (AvgIpc) is 2.70. The fourth-order valence-corrected chi connectivity index (χ4v) is 3.80. The summed E-state index contributed by atoms with van der Waals surface area (Å²) in [5.41, 5.74) is 0.789. The van der Waals surface area contributed by atoms with Crippen LogP contribution in [0.3, 0.4) is 0 Å². The zero-order valence-corrected chi connectivity index (χ0v) is 15.9. The molecule has 0 aliphatic carbocycles. The van der Waals surface area contributed by atoms with Crippen molar-refractivity contribution >= 4 is 23.5 Å². The van der Waals surface area contributed by atoms with Crippen molar-refractivity contribution in [1.29, 1.82) is 0 Å². The molecule has 0 atom stereocenters. The number of anilines is 1. The predicted octanol–water partition coefficient (Wildman–Crippen LogP) is 3.64. The number of benzene rings is 2. The van der Waals surface area contributed by atoms with Crippen LogP contribution in [0.25, 0.3) is 0 Å². The lowest BCUT2D eigenvalue weighted by Crippen LogP contribution is -2.50. The highest BCUT2D eigenvalue weighted by Gasteiger charge is 2.20. The molecule has 138 valence electrons. The molecule has 26 heavy (non-hydrogen) atoms. The number of urea groups is 1. The molecular formula is C20H25N3O2S. The second-order valence-corrected chi connectivity index (χ2v) is 7.32. The fraction of sp³-hybridized carbons (Fsp3) is 0.350. The van der Waals surface area contributed by atoms with Crippen LogP contribution in [0.15, 0.2) is 59.5 Å². The number of rotatable bonds is 6. The Hall–Kier alpha value is -2.18. The number of amides is 2. The van der Waals surface area contributed by atoms with E-state index in [4.69, 9.17) is 4.74 Å². The summed E-state index contributed by atoms with van der Waals surface area (Å²) < 4.78 is 5.13. The molecule has 0 spiro atoms. The second-order valence-electron chi connectivity index (χ2n) is 6.15. The van der Waals surface area contributed by atoms with Crippen LogP contribution in [0.2, 0.25) is 0 Å². The summed E-state index contributed by atoms with van der Waals surface area (Å²) in [4.78, 5) is 18.0. The number of hydrogen-bond acceptors (Lipinski definition) is 4. The average molecular weight is 372 g/mol. The Bertz CT molecular complexity index is 686. The molecule has 1 aliphatic rings. The number of thioether (sulfide) groups is 1. The van der Waals surface area contributed by atoms with Gasteiger partial charge in [-0.1, -0.05) is 18.2 Å². The van der Waals surface area contributed by atoms with Gasteiger partial charge >= 0.3 is 6.03 Å². The summed E-state index contributed by atoms with van der Waals surface area (Å²) in [5, 5.41) is 2.95. The van der Waals surface area contributed by atoms with E-state index in [-0.39, 0.29) is 6.03 Å². The molecule has 0 bridgehead atoms. The maximum atomic E-state index is 12.4. The second kappa shape index (κ2) is 9.50. The predicted molar refractivity (Wildman–Crippen MR) is 107 cm³/mol. The van der Waals surface area contributed by atoms with Crippen molar-refractivity contribution in [2.75, 3.05) is 50.9 Å². The van der Waals surface area contributed by atoms with E-state index >= 15 is 0 Å². The summed E-state index contributed by atoms with van der Waals surface area (Å²) in [6.45, 7) is 4.42. The van der Waals surface area contributed by atoms with E-state index in [0.717, 1.165) is 49.9 Å². The Morgan fingerprint density at radius 3 is 2.38 bits per heavy atom. The molecule has 3 rings (SSSR count). The van der Waals surface area contributed by atoms with E-state index in [2.05, 4.69) is 34.5 Å². The molecule has 1 saturated heterocycles. The smallest absolute Gasteiger partial charge is 0.321 e. The third-order valence-corrected chi connectivity index (χ3v) is 5.41. The molecule has 0 radical (unpaired) electrons. The quantitative estimate of drug-likeness (QED) is 0.788. The summed E-state index contributed by atoms with van der Waals surface area (Å²) in [6, 6.07) is 17.8. The minimum atomic E-state index is -0.0338. The van der Waals surface area contributed by atoms with Crippen LogP contribution < -0.4 is 10.1 Å². The number of ether oxygens (including phenoxy) is 1. The van der Waals surface area contributed by atoms with Crippen molar-refractivity contribution in [2.45, 2.75) is 4.90 Å². The van der Waals surface area contributed by atoms with Gasteiger partial charge in [-0.25, -0.2) is 4.79 Å². The molecule has 0 unspecified atom stereocenters. The number of nitrogens with zero attached hydrogens (tertiary/aromatic N) is 2. The Morgan fingerprint density at radius 1 is 1.04 bits per heavy atom. The van der Waals surface area contributed by atoms with Gasteiger partial charge in [0.05, 0.1) is 7.11 Å². The third-order valence-electron chi connectivity index (χ3n) is 4.42. The number of methoxy groups -OCH3 is 1. The maximum absolute atomic E-state index is 12.4. The van der Waals surface area contributed by atoms with E-state index in [1.54, 1.807) is 7.11 Å². The topological polar surface area (TPSA) is 44.8 Å². The number of nitrogens with one attached hydrogen (secondary N) is 1. The fourth-order valence-electron chi connectivity index (χ4n) is 2.86. The number of carbonyl (C=O) groups excluding carboxylic acids is 1. The molecule has 2 amide bonds. The summed E-state index contributed by atoms with van der Waals surface area (Å²) in [6.07, 6.45) is 0. The lowest BCUT2D eigenvalue weighted by atomic mass is 10.3. The first-order chi connectivity index (χ1) is 12.7. The summed E-state index contributed by atoms with van der Waals surface area (Å²) in [5.74, 6) is 1.85. The van der Waals surface area contributed by atoms with E-state index in [1.807, 2.05) is 47.0 Å². The zero-order chi connectivity index (χ0) is 18.2. The van der Waals surface area contributed by atoms with E-state index in [1.165, 1.54) is 4.90 Å². The van der Waals surface area contributed by atoms with Crippen LogP contribution in [0.5, 0.6) is 5.75 Å². The Kier molecular flexibility index (Phi) is 6.80. The molecule has 5 nitrogen and oxygen atoms in total. The van der Waals surface area contributed by atoms with E-state index < -0.39 is 0 Å². The van der Waals surface area contributed by atoms with Gasteiger partial charge in [-0.15, -0.1) is 11.8 Å². The Balaban J connectivity index is 1.37. The van der Waals surface area contributed by atoms with Gasteiger partial charge < -0.3 is 15.0 Å². The van der Waals surface area contributed by atoms with Crippen molar-refractivity contribution in [2.24, 2.45) is 0 Å². The highest BCUT2D eigenvalue weighted by Crippen LogP contribution is 2.18. The monoisotopic (exact) mass is 371 g/mol. The molecule has 1 heterocycles. The lowest BCUT2D eigenvalue weighted by molar-refractivity contribution is 0.152. The lowest BCUT2D eigenvalue weighted by Gasteiger charge is -2.34. The highest BCUT2D eigenvalue weighted by atomic mass is 32.2. The Morgan fingerprint density at radius 2 is 1.73 bits per heavy atom. The Labute approximate surface area is 159 Å². The molecule has 2 aromatic carbocycles. The van der Waals surface area contributed by atoms with Gasteiger partial charge in [-0.2, -0.15) is 0 Å². The number of hydrogen-bond donors (Lipinski definition) is 1. The third kappa shape index (κ3) is 5.41. The standard InChI is InChI=1S/C20H25N3O2S/c1-25-18-9-7-17(8-10-18)21-20(24)23-13-11-22(12-14-23)15-16-26-19-5-3-2-4-6-19/h2-10H,11-16H2,1H3,(H,21,24). The largest absolute Gasteiger partial charge is 0.497 e. The van der Waals surface area contributed by atoms with Gasteiger partial charge in [0.1, 0.15) is 5.75 Å². The highest BCUT2D eigenvalue weighted by molar-refractivity contribution is 7.99. The molecule has 6 heteroatoms. The van der Waals surface area contributed by atoms with Crippen LogP contribution in [0, 0.1) is 0 Å². The summed E-state index contributed by atoms with van der Waals surface area (Å²) >= 11 is 1.88. The van der Waals surface area contributed by atoms with Crippen molar-refractivity contribution in [3.8, 4) is 5.75 Å². The number of carbonyl (C=O) groups is 1. The van der Waals surface area contributed by atoms with E-state index in [9.17, 15) is 4.79 Å². The first kappa shape index (κ1) is 18.6. The first-order valence-corrected chi connectivity index (χ1v) is 9.83. The maximum Gasteiger partial charge on any atom is 0.321 e. The van der Waals surface area contributed by atoms with Crippen LogP contribution in [0.1, 0.15) is 0 Å². The molecule has 1 aliphatic heterocycles. The van der Waals surface area contributed by atoms with Gasteiger partial charge in [0, 0.05) is 49.1 Å². The van der Waals surface area contributed by atoms with Gasteiger partial charge in [0.2, 0.25) is 0 Å². The molecule has 0 aromatic heterocycles. The molecule has 2 aromatic rings. The van der Waals surface area contributed by atoms with Crippen molar-refractivity contribution in [3.05, 3.63) is 54.6 Å². The van der Waals surface area contributed by atoms with Gasteiger partial charge in [0.25, 0.3) is 0 Å². The summed E-state index contributed by atoms with van der Waals surface area (Å²) in [7, 11) is 1.63. The molecule has 1 fully saturated rings. The number of piperazine rings is 1.